The lowest BCUT2D eigenvalue weighted by atomic mass is 10.2. The van der Waals surface area contributed by atoms with Crippen LogP contribution in [0.4, 0.5) is 0 Å². The average molecular weight is 225 g/mol. The van der Waals surface area contributed by atoms with Crippen LogP contribution in [0.25, 0.3) is 11.0 Å². The minimum Gasteiger partial charge on any atom is -0.328 e. The molecule has 1 aliphatic rings. The average Bonchev–Trinajstić information content (AvgIpc) is 3.09. The van der Waals surface area contributed by atoms with E-state index in [1.807, 2.05) is 18.2 Å². The van der Waals surface area contributed by atoms with Gasteiger partial charge in [-0.25, -0.2) is 4.98 Å². The maximum Gasteiger partial charge on any atom is 0.110 e. The third-order valence-corrected chi connectivity index (χ3v) is 3.44. The molecular formula is C14H15N3. The Labute approximate surface area is 101 Å². The number of aromatic nitrogens is 2. The number of aryl methyl sites for hydroxylation is 1. The van der Waals surface area contributed by atoms with Crippen molar-refractivity contribution in [3.8, 4) is 6.07 Å². The van der Waals surface area contributed by atoms with E-state index >= 15 is 0 Å². The predicted octanol–water partition coefficient (Wildman–Crippen LogP) is 2.88. The maximum atomic E-state index is 8.90. The Bertz CT molecular complexity index is 600. The van der Waals surface area contributed by atoms with E-state index in [2.05, 4.69) is 22.5 Å². The van der Waals surface area contributed by atoms with Gasteiger partial charge in [0.1, 0.15) is 5.82 Å². The SMILES string of the molecule is CCn1c(CC2CC2)nc2cc(C#N)ccc21. The van der Waals surface area contributed by atoms with Gasteiger partial charge in [0.25, 0.3) is 0 Å². The number of benzene rings is 1. The standard InChI is InChI=1S/C14H15N3/c1-2-17-13-6-5-11(9-15)7-12(13)16-14(17)8-10-3-4-10/h5-7,10H,2-4,8H2,1H3. The lowest BCUT2D eigenvalue weighted by molar-refractivity contribution is 0.676. The molecule has 0 bridgehead atoms. The van der Waals surface area contributed by atoms with Crippen molar-refractivity contribution in [3.63, 3.8) is 0 Å². The molecule has 1 fully saturated rings. The van der Waals surface area contributed by atoms with Crippen molar-refractivity contribution in [1.29, 1.82) is 5.26 Å². The van der Waals surface area contributed by atoms with Crippen molar-refractivity contribution in [1.82, 2.24) is 9.55 Å². The minimum absolute atomic E-state index is 0.691. The van der Waals surface area contributed by atoms with E-state index in [1.54, 1.807) is 0 Å². The first kappa shape index (κ1) is 10.3. The van der Waals surface area contributed by atoms with E-state index in [-0.39, 0.29) is 0 Å². The number of fused-ring (bicyclic) bond motifs is 1. The number of hydrogen-bond donors (Lipinski definition) is 0. The van der Waals surface area contributed by atoms with E-state index < -0.39 is 0 Å². The van der Waals surface area contributed by atoms with Crippen molar-refractivity contribution in [2.75, 3.05) is 0 Å². The highest BCUT2D eigenvalue weighted by atomic mass is 15.1. The molecule has 0 radical (unpaired) electrons. The molecule has 1 aromatic carbocycles. The molecule has 0 saturated heterocycles. The predicted molar refractivity (Wildman–Crippen MR) is 66.6 cm³/mol. The van der Waals surface area contributed by atoms with Crippen molar-refractivity contribution in [2.45, 2.75) is 32.7 Å². The Morgan fingerprint density at radius 3 is 2.94 bits per heavy atom. The molecule has 3 rings (SSSR count). The fraction of sp³-hybridized carbons (Fsp3) is 0.429. The lowest BCUT2D eigenvalue weighted by Gasteiger charge is -2.04. The number of hydrogen-bond acceptors (Lipinski definition) is 2. The van der Waals surface area contributed by atoms with E-state index in [0.29, 0.717) is 5.56 Å². The molecule has 2 aromatic rings. The summed E-state index contributed by atoms with van der Waals surface area (Å²) < 4.78 is 2.27. The maximum absolute atomic E-state index is 8.90. The van der Waals surface area contributed by atoms with Crippen LogP contribution in [0.5, 0.6) is 0 Å². The van der Waals surface area contributed by atoms with Crippen LogP contribution in [0.1, 0.15) is 31.2 Å². The fourth-order valence-electron chi connectivity index (χ4n) is 2.34. The van der Waals surface area contributed by atoms with Crippen molar-refractivity contribution in [2.24, 2.45) is 5.92 Å². The highest BCUT2D eigenvalue weighted by Gasteiger charge is 2.24. The number of nitrogens with zero attached hydrogens (tertiary/aromatic N) is 3. The molecule has 0 spiro atoms. The van der Waals surface area contributed by atoms with E-state index in [1.165, 1.54) is 18.7 Å². The molecule has 0 unspecified atom stereocenters. The summed E-state index contributed by atoms with van der Waals surface area (Å²) in [7, 11) is 0. The molecule has 1 aromatic heterocycles. The van der Waals surface area contributed by atoms with Crippen LogP contribution in [-0.4, -0.2) is 9.55 Å². The zero-order valence-electron chi connectivity index (χ0n) is 9.98. The molecule has 0 amide bonds. The van der Waals surface area contributed by atoms with Gasteiger partial charge in [-0.05, 0) is 43.9 Å². The molecule has 17 heavy (non-hydrogen) atoms. The monoisotopic (exact) mass is 225 g/mol. The fourth-order valence-corrected chi connectivity index (χ4v) is 2.34. The number of rotatable bonds is 3. The lowest BCUT2D eigenvalue weighted by Crippen LogP contribution is -2.02. The zero-order valence-corrected chi connectivity index (χ0v) is 9.98. The molecule has 3 heteroatoms. The normalized spacial score (nSPS) is 15.1. The molecule has 86 valence electrons. The van der Waals surface area contributed by atoms with Crippen molar-refractivity contribution >= 4 is 11.0 Å². The molecule has 0 N–H and O–H groups in total. The van der Waals surface area contributed by atoms with E-state index in [0.717, 1.165) is 29.9 Å². The van der Waals surface area contributed by atoms with Gasteiger partial charge in [0, 0.05) is 13.0 Å². The molecular weight excluding hydrogens is 210 g/mol. The second-order valence-corrected chi connectivity index (χ2v) is 4.74. The van der Waals surface area contributed by atoms with Gasteiger partial charge in [0.05, 0.1) is 22.7 Å². The summed E-state index contributed by atoms with van der Waals surface area (Å²) in [6, 6.07) is 7.94. The highest BCUT2D eigenvalue weighted by Crippen LogP contribution is 2.33. The molecule has 3 nitrogen and oxygen atoms in total. The summed E-state index contributed by atoms with van der Waals surface area (Å²) in [5, 5.41) is 8.90. The van der Waals surface area contributed by atoms with E-state index in [4.69, 9.17) is 5.26 Å². The first-order valence-corrected chi connectivity index (χ1v) is 6.21. The smallest absolute Gasteiger partial charge is 0.110 e. The number of nitriles is 1. The largest absolute Gasteiger partial charge is 0.328 e. The Morgan fingerprint density at radius 1 is 1.47 bits per heavy atom. The third-order valence-electron chi connectivity index (χ3n) is 3.44. The van der Waals surface area contributed by atoms with Gasteiger partial charge in [-0.15, -0.1) is 0 Å². The molecule has 0 atom stereocenters. The van der Waals surface area contributed by atoms with Gasteiger partial charge in [0.2, 0.25) is 0 Å². The summed E-state index contributed by atoms with van der Waals surface area (Å²) >= 11 is 0. The van der Waals surface area contributed by atoms with Crippen LogP contribution in [0, 0.1) is 17.2 Å². The van der Waals surface area contributed by atoms with Gasteiger partial charge in [-0.3, -0.25) is 0 Å². The number of imidazole rings is 1. The quantitative estimate of drug-likeness (QED) is 0.806. The van der Waals surface area contributed by atoms with Crippen molar-refractivity contribution < 1.29 is 0 Å². The van der Waals surface area contributed by atoms with Gasteiger partial charge in [-0.2, -0.15) is 5.26 Å². The first-order valence-electron chi connectivity index (χ1n) is 6.21. The third kappa shape index (κ3) is 1.80. The van der Waals surface area contributed by atoms with Gasteiger partial charge in [0.15, 0.2) is 0 Å². The van der Waals surface area contributed by atoms with Crippen LogP contribution in [0.2, 0.25) is 0 Å². The topological polar surface area (TPSA) is 41.6 Å². The zero-order chi connectivity index (χ0) is 11.8. The summed E-state index contributed by atoms with van der Waals surface area (Å²) in [4.78, 5) is 4.68. The van der Waals surface area contributed by atoms with Crippen molar-refractivity contribution in [3.05, 3.63) is 29.6 Å². The molecule has 1 heterocycles. The summed E-state index contributed by atoms with van der Waals surface area (Å²) in [5.41, 5.74) is 2.81. The van der Waals surface area contributed by atoms with Crippen LogP contribution in [-0.2, 0) is 13.0 Å². The summed E-state index contributed by atoms with van der Waals surface area (Å²) in [5.74, 6) is 2.02. The molecule has 0 aliphatic heterocycles. The van der Waals surface area contributed by atoms with Gasteiger partial charge >= 0.3 is 0 Å². The molecule has 1 saturated carbocycles. The Kier molecular flexibility index (Phi) is 2.36. The minimum atomic E-state index is 0.691. The van der Waals surface area contributed by atoms with Gasteiger partial charge < -0.3 is 4.57 Å². The van der Waals surface area contributed by atoms with Crippen LogP contribution in [0.15, 0.2) is 18.2 Å². The Morgan fingerprint density at radius 2 is 2.29 bits per heavy atom. The van der Waals surface area contributed by atoms with Gasteiger partial charge in [-0.1, -0.05) is 0 Å². The van der Waals surface area contributed by atoms with Crippen LogP contribution in [0.3, 0.4) is 0 Å². The second kappa shape index (κ2) is 3.89. The van der Waals surface area contributed by atoms with Crippen LogP contribution >= 0.6 is 0 Å². The van der Waals surface area contributed by atoms with E-state index in [9.17, 15) is 0 Å². The molecule has 1 aliphatic carbocycles. The first-order chi connectivity index (χ1) is 8.31. The summed E-state index contributed by atoms with van der Waals surface area (Å²) in [6.45, 7) is 3.10. The van der Waals surface area contributed by atoms with Crippen LogP contribution < -0.4 is 0 Å². The Balaban J connectivity index is 2.11. The highest BCUT2D eigenvalue weighted by molar-refractivity contribution is 5.77. The Hall–Kier alpha value is -1.82. The summed E-state index contributed by atoms with van der Waals surface area (Å²) in [6.07, 6.45) is 3.77. The second-order valence-electron chi connectivity index (χ2n) is 4.74.